The lowest BCUT2D eigenvalue weighted by Crippen LogP contribution is -2.48. The summed E-state index contributed by atoms with van der Waals surface area (Å²) in [4.78, 5) is 28.0. The van der Waals surface area contributed by atoms with Gasteiger partial charge in [-0.05, 0) is 59.0 Å². The zero-order valence-electron chi connectivity index (χ0n) is 18.0. The molecule has 1 aromatic rings. The lowest BCUT2D eigenvalue weighted by atomic mass is 9.96. The molecule has 2 heterocycles. The molecule has 2 aliphatic heterocycles. The van der Waals surface area contributed by atoms with Crippen molar-refractivity contribution < 1.29 is 14.3 Å². The molecule has 7 nitrogen and oxygen atoms in total. The maximum atomic E-state index is 13.3. The van der Waals surface area contributed by atoms with Crippen molar-refractivity contribution in [1.29, 1.82) is 0 Å². The predicted molar refractivity (Wildman–Crippen MR) is 114 cm³/mol. The summed E-state index contributed by atoms with van der Waals surface area (Å²) >= 11 is 0. The van der Waals surface area contributed by atoms with E-state index in [1.54, 1.807) is 6.07 Å². The van der Waals surface area contributed by atoms with Gasteiger partial charge in [-0.3, -0.25) is 9.59 Å². The molecule has 3 N–H and O–H groups in total. The Balaban J connectivity index is 1.95. The van der Waals surface area contributed by atoms with Gasteiger partial charge in [-0.15, -0.1) is 0 Å². The molecule has 1 aromatic carbocycles. The van der Waals surface area contributed by atoms with Crippen molar-refractivity contribution in [2.24, 2.45) is 11.8 Å². The van der Waals surface area contributed by atoms with Gasteiger partial charge >= 0.3 is 0 Å². The number of piperidine rings is 1. The molecule has 0 aromatic heterocycles. The van der Waals surface area contributed by atoms with Crippen LogP contribution in [-0.2, 0) is 4.79 Å². The number of benzene rings is 1. The van der Waals surface area contributed by atoms with Gasteiger partial charge in [0.1, 0.15) is 6.10 Å². The molecule has 2 amide bonds. The lowest BCUT2D eigenvalue weighted by molar-refractivity contribution is -0.120. The first kappa shape index (κ1) is 21.6. The van der Waals surface area contributed by atoms with Gasteiger partial charge in [0.15, 0.2) is 5.75 Å². The number of rotatable bonds is 5. The maximum absolute atomic E-state index is 13.3. The van der Waals surface area contributed by atoms with Crippen LogP contribution in [0.4, 0.5) is 5.69 Å². The Kier molecular flexibility index (Phi) is 7.14. The Hall–Kier alpha value is -2.12. The Labute approximate surface area is 173 Å². The van der Waals surface area contributed by atoms with Crippen LogP contribution in [0.2, 0.25) is 0 Å². The Bertz CT molecular complexity index is 731. The third kappa shape index (κ3) is 4.90. The second-order valence-electron chi connectivity index (χ2n) is 8.44. The van der Waals surface area contributed by atoms with E-state index in [0.717, 1.165) is 25.9 Å². The number of ether oxygens (including phenoxy) is 1. The van der Waals surface area contributed by atoms with Crippen LogP contribution in [0.15, 0.2) is 18.2 Å². The maximum Gasteiger partial charge on any atom is 0.257 e. The predicted octanol–water partition coefficient (Wildman–Crippen LogP) is 2.09. The van der Waals surface area contributed by atoms with E-state index in [1.807, 2.05) is 37.9 Å². The first-order chi connectivity index (χ1) is 13.9. The molecule has 0 bridgehead atoms. The fourth-order valence-corrected chi connectivity index (χ4v) is 4.07. The highest BCUT2D eigenvalue weighted by Gasteiger charge is 2.33. The minimum Gasteiger partial charge on any atom is -0.486 e. The van der Waals surface area contributed by atoms with E-state index in [4.69, 9.17) is 4.74 Å². The minimum absolute atomic E-state index is 0.00283. The number of likely N-dealkylation sites (N-methyl/N-ethyl adjacent to an activating group) is 1. The van der Waals surface area contributed by atoms with Gasteiger partial charge in [0.25, 0.3) is 5.91 Å². The zero-order chi connectivity index (χ0) is 21.0. The van der Waals surface area contributed by atoms with Crippen molar-refractivity contribution in [2.75, 3.05) is 38.5 Å². The van der Waals surface area contributed by atoms with Gasteiger partial charge in [-0.2, -0.15) is 0 Å². The number of carbonyl (C=O) groups excluding carboxylic acids is 2. The summed E-state index contributed by atoms with van der Waals surface area (Å²) in [7, 11) is 1.89. The van der Waals surface area contributed by atoms with Crippen LogP contribution >= 0.6 is 0 Å². The second kappa shape index (κ2) is 9.59. The van der Waals surface area contributed by atoms with E-state index in [-0.39, 0.29) is 35.8 Å². The standard InChI is InChI=1S/C22H34N4O3/c1-14(2)26-13-15(3)19(12-23-4)29-20-17(22(26)28)6-5-7-18(20)25-21(27)16-8-10-24-11-9-16/h5-7,14-16,19,23-24H,8-13H2,1-4H3,(H,25,27)/t15-,19+/m1/s1. The number of anilines is 1. The molecule has 2 atom stereocenters. The largest absolute Gasteiger partial charge is 0.486 e. The number of carbonyl (C=O) groups is 2. The summed E-state index contributed by atoms with van der Waals surface area (Å²) in [5.74, 6) is 0.558. The first-order valence-electron chi connectivity index (χ1n) is 10.7. The summed E-state index contributed by atoms with van der Waals surface area (Å²) in [5.41, 5.74) is 1.09. The van der Waals surface area contributed by atoms with Gasteiger partial charge in [0.2, 0.25) is 5.91 Å². The Morgan fingerprint density at radius 3 is 2.69 bits per heavy atom. The molecule has 0 saturated carbocycles. The van der Waals surface area contributed by atoms with Gasteiger partial charge in [0, 0.05) is 31.0 Å². The molecular weight excluding hydrogens is 368 g/mol. The van der Waals surface area contributed by atoms with Crippen LogP contribution in [0.1, 0.15) is 44.0 Å². The van der Waals surface area contributed by atoms with Crippen molar-refractivity contribution in [3.63, 3.8) is 0 Å². The van der Waals surface area contributed by atoms with E-state index >= 15 is 0 Å². The van der Waals surface area contributed by atoms with Crippen molar-refractivity contribution in [2.45, 2.75) is 45.8 Å². The number of para-hydroxylation sites is 1. The summed E-state index contributed by atoms with van der Waals surface area (Å²) in [6, 6.07) is 5.51. The summed E-state index contributed by atoms with van der Waals surface area (Å²) < 4.78 is 6.37. The SMILES string of the molecule is CNC[C@@H]1Oc2c(NC(=O)C3CCNCC3)cccc2C(=O)N(C(C)C)C[C@H]1C. The number of hydrogen-bond acceptors (Lipinski definition) is 5. The Morgan fingerprint density at radius 2 is 2.03 bits per heavy atom. The highest BCUT2D eigenvalue weighted by Crippen LogP contribution is 2.35. The normalized spacial score (nSPS) is 23.2. The lowest BCUT2D eigenvalue weighted by Gasteiger charge is -2.37. The van der Waals surface area contributed by atoms with Crippen LogP contribution in [0.25, 0.3) is 0 Å². The molecular formula is C22H34N4O3. The fourth-order valence-electron chi connectivity index (χ4n) is 4.07. The molecule has 0 radical (unpaired) electrons. The van der Waals surface area contributed by atoms with Gasteiger partial charge in [-0.1, -0.05) is 13.0 Å². The molecule has 3 rings (SSSR count). The molecule has 0 spiro atoms. The minimum atomic E-state index is -0.106. The average molecular weight is 403 g/mol. The van der Waals surface area contributed by atoms with E-state index in [9.17, 15) is 9.59 Å². The number of hydrogen-bond donors (Lipinski definition) is 3. The summed E-state index contributed by atoms with van der Waals surface area (Å²) in [6.45, 7) is 9.17. The van der Waals surface area contributed by atoms with Crippen LogP contribution in [0, 0.1) is 11.8 Å². The van der Waals surface area contributed by atoms with Crippen molar-refractivity contribution >= 4 is 17.5 Å². The molecule has 1 fully saturated rings. The highest BCUT2D eigenvalue weighted by molar-refractivity contribution is 6.02. The fraction of sp³-hybridized carbons (Fsp3) is 0.636. The molecule has 1 saturated heterocycles. The third-order valence-electron chi connectivity index (χ3n) is 5.89. The molecule has 160 valence electrons. The van der Waals surface area contributed by atoms with Gasteiger partial charge < -0.3 is 25.6 Å². The second-order valence-corrected chi connectivity index (χ2v) is 8.44. The van der Waals surface area contributed by atoms with Gasteiger partial charge in [0.05, 0.1) is 11.3 Å². The third-order valence-corrected chi connectivity index (χ3v) is 5.89. The Morgan fingerprint density at radius 1 is 1.31 bits per heavy atom. The van der Waals surface area contributed by atoms with Crippen LogP contribution in [-0.4, -0.2) is 62.1 Å². The quantitative estimate of drug-likeness (QED) is 0.703. The van der Waals surface area contributed by atoms with Crippen LogP contribution in [0.3, 0.4) is 0 Å². The monoisotopic (exact) mass is 402 g/mol. The van der Waals surface area contributed by atoms with Crippen LogP contribution in [0.5, 0.6) is 5.75 Å². The van der Waals surface area contributed by atoms with E-state index in [0.29, 0.717) is 30.1 Å². The number of nitrogens with one attached hydrogen (secondary N) is 3. The van der Waals surface area contributed by atoms with Crippen molar-refractivity contribution in [3.05, 3.63) is 23.8 Å². The molecule has 7 heteroatoms. The average Bonchev–Trinajstić information content (AvgIpc) is 2.71. The van der Waals surface area contributed by atoms with E-state index in [2.05, 4.69) is 22.9 Å². The molecule has 0 aliphatic carbocycles. The first-order valence-corrected chi connectivity index (χ1v) is 10.7. The number of nitrogens with zero attached hydrogens (tertiary/aromatic N) is 1. The van der Waals surface area contributed by atoms with E-state index in [1.165, 1.54) is 0 Å². The van der Waals surface area contributed by atoms with E-state index < -0.39 is 0 Å². The smallest absolute Gasteiger partial charge is 0.257 e. The number of amides is 2. The summed E-state index contributed by atoms with van der Waals surface area (Å²) in [6.07, 6.45) is 1.53. The zero-order valence-corrected chi connectivity index (χ0v) is 18.0. The summed E-state index contributed by atoms with van der Waals surface area (Å²) in [5, 5.41) is 9.52. The van der Waals surface area contributed by atoms with Gasteiger partial charge in [-0.25, -0.2) is 0 Å². The van der Waals surface area contributed by atoms with Crippen LogP contribution < -0.4 is 20.7 Å². The number of fused-ring (bicyclic) bond motifs is 1. The van der Waals surface area contributed by atoms with Crippen molar-refractivity contribution in [1.82, 2.24) is 15.5 Å². The topological polar surface area (TPSA) is 82.7 Å². The highest BCUT2D eigenvalue weighted by atomic mass is 16.5. The molecule has 0 unspecified atom stereocenters. The molecule has 2 aliphatic rings. The van der Waals surface area contributed by atoms with Crippen molar-refractivity contribution in [3.8, 4) is 5.75 Å². The molecule has 29 heavy (non-hydrogen) atoms.